The Hall–Kier alpha value is 0.217. The van der Waals surface area contributed by atoms with E-state index in [4.69, 9.17) is 0 Å². The second-order valence-electron chi connectivity index (χ2n) is 5.77. The highest BCUT2D eigenvalue weighted by atomic mass is 28.3. The molecule has 103 valence electrons. The van der Waals surface area contributed by atoms with E-state index in [2.05, 4.69) is 27.7 Å². The van der Waals surface area contributed by atoms with Gasteiger partial charge in [-0.3, -0.25) is 0 Å². The van der Waals surface area contributed by atoms with E-state index in [1.54, 1.807) is 24.2 Å². The van der Waals surface area contributed by atoms with Gasteiger partial charge in [-0.2, -0.15) is 0 Å². The monoisotopic (exact) mass is 255 g/mol. The lowest BCUT2D eigenvalue weighted by Gasteiger charge is -2.32. The molecule has 0 atom stereocenters. The molecule has 0 fully saturated rings. The Morgan fingerprint density at radius 1 is 0.647 bits per heavy atom. The molecule has 0 aliphatic heterocycles. The second kappa shape index (κ2) is 11.3. The average Bonchev–Trinajstić information content (AvgIpc) is 2.37. The zero-order valence-electron chi connectivity index (χ0n) is 12.7. The summed E-state index contributed by atoms with van der Waals surface area (Å²) < 4.78 is 0. The van der Waals surface area contributed by atoms with Crippen LogP contribution in [-0.2, 0) is 0 Å². The molecule has 0 saturated carbocycles. The van der Waals surface area contributed by atoms with Crippen LogP contribution in [0.15, 0.2) is 0 Å². The van der Waals surface area contributed by atoms with Crippen LogP contribution in [0.3, 0.4) is 0 Å². The molecule has 0 rings (SSSR count). The number of hydrogen-bond acceptors (Lipinski definition) is 0. The Morgan fingerprint density at radius 2 is 1.00 bits per heavy atom. The van der Waals surface area contributed by atoms with Crippen LogP contribution in [0.5, 0.6) is 0 Å². The van der Waals surface area contributed by atoms with Gasteiger partial charge in [0.05, 0.1) is 8.07 Å². The van der Waals surface area contributed by atoms with E-state index in [0.717, 1.165) is 6.42 Å². The van der Waals surface area contributed by atoms with Crippen molar-refractivity contribution in [3.05, 3.63) is 6.92 Å². The molecule has 0 N–H and O–H groups in total. The zero-order valence-corrected chi connectivity index (χ0v) is 13.7. The van der Waals surface area contributed by atoms with Crippen LogP contribution >= 0.6 is 0 Å². The summed E-state index contributed by atoms with van der Waals surface area (Å²) in [6, 6.07) is 6.37. The molecular weight excluding hydrogens is 220 g/mol. The molecule has 17 heavy (non-hydrogen) atoms. The van der Waals surface area contributed by atoms with E-state index in [-0.39, 0.29) is 0 Å². The maximum absolute atomic E-state index is 4.05. The summed E-state index contributed by atoms with van der Waals surface area (Å²) in [6.07, 6.45) is 11.2. The van der Waals surface area contributed by atoms with E-state index < -0.39 is 8.07 Å². The Bertz CT molecular complexity index is 116. The fraction of sp³-hybridized carbons (Fsp3) is 0.938. The van der Waals surface area contributed by atoms with E-state index in [1.165, 1.54) is 44.9 Å². The molecule has 0 saturated heterocycles. The van der Waals surface area contributed by atoms with Gasteiger partial charge in [0.25, 0.3) is 0 Å². The van der Waals surface area contributed by atoms with Gasteiger partial charge in [0.2, 0.25) is 0 Å². The molecule has 0 aliphatic carbocycles. The van der Waals surface area contributed by atoms with Crippen LogP contribution in [0.1, 0.15) is 72.1 Å². The van der Waals surface area contributed by atoms with Gasteiger partial charge in [-0.05, 0) is 0 Å². The van der Waals surface area contributed by atoms with Gasteiger partial charge < -0.3 is 0 Å². The first-order valence-electron chi connectivity index (χ1n) is 8.04. The van der Waals surface area contributed by atoms with Crippen LogP contribution < -0.4 is 0 Å². The summed E-state index contributed by atoms with van der Waals surface area (Å²) in [5.41, 5.74) is 0. The third kappa shape index (κ3) is 8.02. The highest BCUT2D eigenvalue weighted by Crippen LogP contribution is 2.33. The Kier molecular flexibility index (Phi) is 11.5. The molecule has 0 unspecified atom stereocenters. The van der Waals surface area contributed by atoms with Crippen LogP contribution in [0, 0.1) is 6.92 Å². The van der Waals surface area contributed by atoms with Crippen molar-refractivity contribution < 1.29 is 0 Å². The van der Waals surface area contributed by atoms with Crippen molar-refractivity contribution in [1.82, 2.24) is 0 Å². The first-order chi connectivity index (χ1) is 8.24. The average molecular weight is 256 g/mol. The largest absolute Gasteiger partial charge is 0.0654 e. The third-order valence-corrected chi connectivity index (χ3v) is 9.80. The maximum atomic E-state index is 4.05. The van der Waals surface area contributed by atoms with Gasteiger partial charge in [-0.25, -0.2) is 0 Å². The molecule has 0 aromatic heterocycles. The molecular formula is C16H35Si. The minimum Gasteiger partial charge on any atom is -0.0654 e. The summed E-state index contributed by atoms with van der Waals surface area (Å²) in [7, 11) is -0.919. The number of hydrogen-bond donors (Lipinski definition) is 0. The molecule has 0 aliphatic rings. The Morgan fingerprint density at radius 3 is 1.29 bits per heavy atom. The smallest absolute Gasteiger partial charge is 0.0535 e. The van der Waals surface area contributed by atoms with Crippen molar-refractivity contribution in [2.45, 2.75) is 96.3 Å². The minimum absolute atomic E-state index is 0.919. The van der Waals surface area contributed by atoms with Crippen molar-refractivity contribution in [2.75, 3.05) is 0 Å². The first kappa shape index (κ1) is 17.2. The van der Waals surface area contributed by atoms with Gasteiger partial charge in [-0.1, -0.05) is 103 Å². The molecule has 0 amide bonds. The van der Waals surface area contributed by atoms with Gasteiger partial charge in [0.15, 0.2) is 0 Å². The molecule has 0 heterocycles. The molecule has 0 bridgehead atoms. The number of unbranched alkanes of at least 4 members (excludes halogenated alkanes) is 4. The Labute approximate surface area is 112 Å². The highest BCUT2D eigenvalue weighted by molar-refractivity contribution is 6.79. The summed E-state index contributed by atoms with van der Waals surface area (Å²) in [5.74, 6) is 0. The molecule has 0 spiro atoms. The standard InChI is InChI=1S/C16H35Si/c1-5-9-13-17(14-10-6-2,15-11-7-3)16-12-8-4/h1,5-16H2,2-4H3. The van der Waals surface area contributed by atoms with Crippen molar-refractivity contribution in [3.8, 4) is 0 Å². The minimum atomic E-state index is -0.919. The quantitative estimate of drug-likeness (QED) is 0.352. The fourth-order valence-corrected chi connectivity index (χ4v) is 8.72. The van der Waals surface area contributed by atoms with E-state index in [1.807, 2.05) is 0 Å². The normalized spacial score (nSPS) is 12.0. The molecule has 1 heteroatoms. The van der Waals surface area contributed by atoms with Crippen LogP contribution in [0.25, 0.3) is 0 Å². The SMILES string of the molecule is [CH2]CCC[Si](CCCC)(CCCC)CCCC. The van der Waals surface area contributed by atoms with Crippen LogP contribution in [0.4, 0.5) is 0 Å². The second-order valence-corrected chi connectivity index (χ2v) is 10.8. The lowest BCUT2D eigenvalue weighted by Crippen LogP contribution is -2.33. The van der Waals surface area contributed by atoms with E-state index in [0.29, 0.717) is 0 Å². The van der Waals surface area contributed by atoms with Crippen molar-refractivity contribution in [1.29, 1.82) is 0 Å². The van der Waals surface area contributed by atoms with Gasteiger partial charge in [0, 0.05) is 0 Å². The van der Waals surface area contributed by atoms with Gasteiger partial charge >= 0.3 is 0 Å². The van der Waals surface area contributed by atoms with E-state index in [9.17, 15) is 0 Å². The van der Waals surface area contributed by atoms with Gasteiger partial charge in [-0.15, -0.1) is 0 Å². The van der Waals surface area contributed by atoms with Crippen molar-refractivity contribution in [2.24, 2.45) is 0 Å². The summed E-state index contributed by atoms with van der Waals surface area (Å²) >= 11 is 0. The Balaban J connectivity index is 4.39. The predicted molar refractivity (Wildman–Crippen MR) is 84.3 cm³/mol. The third-order valence-electron chi connectivity index (χ3n) is 4.14. The maximum Gasteiger partial charge on any atom is 0.0535 e. The lowest BCUT2D eigenvalue weighted by atomic mass is 10.4. The molecule has 0 aromatic carbocycles. The predicted octanol–water partition coefficient (Wildman–Crippen LogP) is 6.45. The molecule has 0 aromatic rings. The summed E-state index contributed by atoms with van der Waals surface area (Å²) in [6.45, 7) is 11.1. The fourth-order valence-electron chi connectivity index (χ4n) is 2.91. The topological polar surface area (TPSA) is 0 Å². The number of rotatable bonds is 12. The van der Waals surface area contributed by atoms with Gasteiger partial charge in [0.1, 0.15) is 0 Å². The molecule has 1 radical (unpaired) electrons. The van der Waals surface area contributed by atoms with Crippen molar-refractivity contribution in [3.63, 3.8) is 0 Å². The molecule has 0 nitrogen and oxygen atoms in total. The van der Waals surface area contributed by atoms with Crippen molar-refractivity contribution >= 4 is 8.07 Å². The highest BCUT2D eigenvalue weighted by Gasteiger charge is 2.29. The summed E-state index contributed by atoms with van der Waals surface area (Å²) in [5, 5.41) is 0. The first-order valence-corrected chi connectivity index (χ1v) is 10.9. The van der Waals surface area contributed by atoms with Crippen LogP contribution in [0.2, 0.25) is 24.2 Å². The summed E-state index contributed by atoms with van der Waals surface area (Å²) in [4.78, 5) is 0. The van der Waals surface area contributed by atoms with E-state index >= 15 is 0 Å². The zero-order chi connectivity index (χ0) is 13.0. The lowest BCUT2D eigenvalue weighted by molar-refractivity contribution is 0.770. The van der Waals surface area contributed by atoms with Crippen LogP contribution in [-0.4, -0.2) is 8.07 Å².